The molecule has 0 radical (unpaired) electrons. The largest absolute Gasteiger partial charge is 0.348 e. The summed E-state index contributed by atoms with van der Waals surface area (Å²) in [6, 6.07) is 7.44. The molecule has 0 unspecified atom stereocenters. The highest BCUT2D eigenvalue weighted by molar-refractivity contribution is 5.92. The molecule has 0 bridgehead atoms. The first-order valence-corrected chi connectivity index (χ1v) is 10.1. The molecular weight excluding hydrogens is 380 g/mol. The molecule has 1 aliphatic carbocycles. The molecule has 6 nitrogen and oxygen atoms in total. The predicted octanol–water partition coefficient (Wildman–Crippen LogP) is 3.65. The molecular formula is C21H25F2N3O3. The summed E-state index contributed by atoms with van der Waals surface area (Å²) in [6.45, 7) is 1.87. The smallest absolute Gasteiger partial charge is 0.272 e. The van der Waals surface area contributed by atoms with Gasteiger partial charge in [-0.2, -0.15) is 4.39 Å². The first kappa shape index (κ1) is 20.0. The van der Waals surface area contributed by atoms with Crippen molar-refractivity contribution in [3.8, 4) is 0 Å². The monoisotopic (exact) mass is 405 g/mol. The molecule has 2 heterocycles. The highest BCUT2D eigenvalue weighted by Crippen LogP contribution is 2.39. The zero-order chi connectivity index (χ0) is 20.3. The molecule has 1 aliphatic heterocycles. The molecule has 1 saturated carbocycles. The second-order valence-electron chi connectivity index (χ2n) is 7.76. The van der Waals surface area contributed by atoms with E-state index in [1.807, 2.05) is 0 Å². The van der Waals surface area contributed by atoms with Crippen LogP contribution in [0, 0.1) is 17.7 Å². The molecule has 0 atom stereocenters. The number of rotatable bonds is 6. The number of carbonyl (C=O) groups excluding carboxylic acids is 1. The van der Waals surface area contributed by atoms with Crippen LogP contribution in [0.5, 0.6) is 0 Å². The van der Waals surface area contributed by atoms with Crippen LogP contribution in [-0.4, -0.2) is 46.6 Å². The molecule has 2 aromatic rings. The van der Waals surface area contributed by atoms with E-state index in [1.54, 1.807) is 23.1 Å². The fourth-order valence-electron chi connectivity index (χ4n) is 4.19. The molecule has 1 amide bonds. The Morgan fingerprint density at radius 3 is 2.59 bits per heavy atom. The van der Waals surface area contributed by atoms with Gasteiger partial charge in [-0.05, 0) is 31.2 Å². The number of nitrogens with zero attached hydrogens (tertiary/aromatic N) is 2. The lowest BCUT2D eigenvalue weighted by molar-refractivity contribution is -0.182. The van der Waals surface area contributed by atoms with E-state index in [1.165, 1.54) is 6.07 Å². The zero-order valence-corrected chi connectivity index (χ0v) is 16.2. The first-order chi connectivity index (χ1) is 14.0. The lowest BCUT2D eigenvalue weighted by atomic mass is 9.83. The third-order valence-corrected chi connectivity index (χ3v) is 5.87. The Balaban J connectivity index is 1.41. The van der Waals surface area contributed by atoms with Gasteiger partial charge in [0.2, 0.25) is 5.95 Å². The van der Waals surface area contributed by atoms with Gasteiger partial charge in [-0.3, -0.25) is 9.89 Å². The number of benzene rings is 1. The van der Waals surface area contributed by atoms with E-state index < -0.39 is 11.7 Å². The van der Waals surface area contributed by atoms with Gasteiger partial charge < -0.3 is 14.4 Å². The van der Waals surface area contributed by atoms with Gasteiger partial charge in [0.15, 0.2) is 5.79 Å². The Labute approximate surface area is 168 Å². The van der Waals surface area contributed by atoms with E-state index >= 15 is 0 Å². The summed E-state index contributed by atoms with van der Waals surface area (Å²) >= 11 is 0. The summed E-state index contributed by atoms with van der Waals surface area (Å²) in [6.07, 6.45) is 4.41. The summed E-state index contributed by atoms with van der Waals surface area (Å²) in [5, 5.41) is 5.81. The maximum atomic E-state index is 14.1. The van der Waals surface area contributed by atoms with E-state index in [0.29, 0.717) is 31.2 Å². The molecule has 1 aromatic heterocycles. The zero-order valence-electron chi connectivity index (χ0n) is 16.2. The van der Waals surface area contributed by atoms with Crippen molar-refractivity contribution in [2.75, 3.05) is 19.8 Å². The summed E-state index contributed by atoms with van der Waals surface area (Å²) in [7, 11) is 0. The maximum absolute atomic E-state index is 14.1. The highest BCUT2D eigenvalue weighted by Gasteiger charge is 2.40. The van der Waals surface area contributed by atoms with Crippen molar-refractivity contribution in [1.29, 1.82) is 0 Å². The lowest BCUT2D eigenvalue weighted by Gasteiger charge is -2.36. The number of halogens is 2. The van der Waals surface area contributed by atoms with Gasteiger partial charge in [0.05, 0.1) is 13.2 Å². The summed E-state index contributed by atoms with van der Waals surface area (Å²) in [4.78, 5) is 14.4. The predicted molar refractivity (Wildman–Crippen MR) is 101 cm³/mol. The molecule has 8 heteroatoms. The second kappa shape index (κ2) is 8.59. The Hall–Kier alpha value is -2.32. The minimum Gasteiger partial charge on any atom is -0.348 e. The minimum atomic E-state index is -0.742. The molecule has 29 heavy (non-hydrogen) atoms. The summed E-state index contributed by atoms with van der Waals surface area (Å²) in [5.74, 6) is -1.47. The Kier molecular flexibility index (Phi) is 5.91. The minimum absolute atomic E-state index is 0.0641. The normalized spacial score (nSPS) is 19.0. The topological polar surface area (TPSA) is 67.5 Å². The van der Waals surface area contributed by atoms with E-state index in [-0.39, 0.29) is 24.0 Å². The van der Waals surface area contributed by atoms with Gasteiger partial charge in [0.25, 0.3) is 5.91 Å². The molecule has 156 valence electrons. The van der Waals surface area contributed by atoms with Crippen molar-refractivity contribution >= 4 is 5.91 Å². The first-order valence-electron chi connectivity index (χ1n) is 10.1. The van der Waals surface area contributed by atoms with Crippen molar-refractivity contribution in [2.45, 2.75) is 44.4 Å². The van der Waals surface area contributed by atoms with Crippen LogP contribution in [0.1, 0.15) is 48.2 Å². The van der Waals surface area contributed by atoms with Crippen LogP contribution in [0.4, 0.5) is 8.78 Å². The fourth-order valence-corrected chi connectivity index (χ4v) is 4.19. The number of aromatic nitrogens is 2. The van der Waals surface area contributed by atoms with Gasteiger partial charge in [-0.1, -0.05) is 18.2 Å². The van der Waals surface area contributed by atoms with E-state index in [9.17, 15) is 13.6 Å². The Morgan fingerprint density at radius 1 is 1.21 bits per heavy atom. The van der Waals surface area contributed by atoms with Crippen molar-refractivity contribution in [3.05, 3.63) is 53.4 Å². The highest BCUT2D eigenvalue weighted by atomic mass is 19.1. The fraction of sp³-hybridized carbons (Fsp3) is 0.524. The average molecular weight is 405 g/mol. The maximum Gasteiger partial charge on any atom is 0.272 e. The van der Waals surface area contributed by atoms with Gasteiger partial charge in [0, 0.05) is 37.6 Å². The standard InChI is InChI=1S/C21H25F2N3O3/c22-17-4-2-1-3-16(17)14-26(20(27)18-13-19(23)25-24-18)10-7-15-5-8-21(9-6-15)28-11-12-29-21/h1-4,13,15H,5-12,14H2,(H,24,25). The van der Waals surface area contributed by atoms with Crippen molar-refractivity contribution < 1.29 is 23.0 Å². The van der Waals surface area contributed by atoms with E-state index in [2.05, 4.69) is 10.2 Å². The van der Waals surface area contributed by atoms with Crippen molar-refractivity contribution in [3.63, 3.8) is 0 Å². The van der Waals surface area contributed by atoms with Gasteiger partial charge in [-0.15, -0.1) is 5.10 Å². The van der Waals surface area contributed by atoms with Crippen LogP contribution in [0.25, 0.3) is 0 Å². The van der Waals surface area contributed by atoms with Gasteiger partial charge >= 0.3 is 0 Å². The van der Waals surface area contributed by atoms with Gasteiger partial charge in [0.1, 0.15) is 11.5 Å². The Morgan fingerprint density at radius 2 is 1.93 bits per heavy atom. The van der Waals surface area contributed by atoms with Crippen LogP contribution in [0.15, 0.2) is 30.3 Å². The van der Waals surface area contributed by atoms with Gasteiger partial charge in [-0.25, -0.2) is 4.39 Å². The lowest BCUT2D eigenvalue weighted by Crippen LogP contribution is -2.37. The number of H-pyrrole nitrogens is 1. The average Bonchev–Trinajstić information content (AvgIpc) is 3.37. The molecule has 1 N–H and O–H groups in total. The van der Waals surface area contributed by atoms with Crippen LogP contribution in [0.3, 0.4) is 0 Å². The van der Waals surface area contributed by atoms with Crippen LogP contribution >= 0.6 is 0 Å². The molecule has 2 aliphatic rings. The Bertz CT molecular complexity index is 841. The van der Waals surface area contributed by atoms with Crippen molar-refractivity contribution in [2.24, 2.45) is 5.92 Å². The van der Waals surface area contributed by atoms with Crippen LogP contribution in [-0.2, 0) is 16.0 Å². The number of carbonyl (C=O) groups is 1. The number of hydrogen-bond donors (Lipinski definition) is 1. The number of aromatic amines is 1. The van der Waals surface area contributed by atoms with E-state index in [0.717, 1.165) is 38.2 Å². The third-order valence-electron chi connectivity index (χ3n) is 5.87. The summed E-state index contributed by atoms with van der Waals surface area (Å²) in [5.41, 5.74) is 0.491. The molecule has 2 fully saturated rings. The molecule has 1 aromatic carbocycles. The van der Waals surface area contributed by atoms with Crippen LogP contribution in [0.2, 0.25) is 0 Å². The molecule has 1 spiro atoms. The van der Waals surface area contributed by atoms with Crippen LogP contribution < -0.4 is 0 Å². The summed E-state index contributed by atoms with van der Waals surface area (Å²) < 4.78 is 38.9. The second-order valence-corrected chi connectivity index (χ2v) is 7.76. The van der Waals surface area contributed by atoms with E-state index in [4.69, 9.17) is 9.47 Å². The SMILES string of the molecule is O=C(c1cc(F)n[nH]1)N(CCC1CCC2(CC1)OCCO2)Cc1ccccc1F. The quantitative estimate of drug-likeness (QED) is 0.797. The molecule has 1 saturated heterocycles. The number of nitrogens with one attached hydrogen (secondary N) is 1. The number of ether oxygens (including phenoxy) is 2. The van der Waals surface area contributed by atoms with Crippen molar-refractivity contribution in [1.82, 2.24) is 15.1 Å². The number of hydrogen-bond acceptors (Lipinski definition) is 4. The third kappa shape index (κ3) is 4.64. The molecule has 4 rings (SSSR count). The number of amides is 1.